The summed E-state index contributed by atoms with van der Waals surface area (Å²) in [5, 5.41) is 2.44. The molecule has 172 valence electrons. The molecule has 1 aromatic heterocycles. The summed E-state index contributed by atoms with van der Waals surface area (Å²) in [4.78, 5) is 13.7. The van der Waals surface area contributed by atoms with Gasteiger partial charge in [-0.25, -0.2) is 15.8 Å². The zero-order chi connectivity index (χ0) is 23.9. The Bertz CT molecular complexity index is 996. The van der Waals surface area contributed by atoms with Crippen LogP contribution in [0.3, 0.4) is 0 Å². The molecule has 0 spiro atoms. The van der Waals surface area contributed by atoms with E-state index in [2.05, 4.69) is 63.8 Å². The summed E-state index contributed by atoms with van der Waals surface area (Å²) in [6.45, 7) is 21.6. The van der Waals surface area contributed by atoms with Gasteiger partial charge < -0.3 is 4.98 Å². The van der Waals surface area contributed by atoms with E-state index in [1.807, 2.05) is 19.1 Å². The van der Waals surface area contributed by atoms with E-state index in [0.717, 1.165) is 51.9 Å². The van der Waals surface area contributed by atoms with Gasteiger partial charge >= 0.3 is 0 Å². The van der Waals surface area contributed by atoms with Crippen LogP contribution >= 0.6 is 11.8 Å². The highest BCUT2D eigenvalue weighted by Gasteiger charge is 2.21. The molecule has 0 atom stereocenters. The second kappa shape index (κ2) is 11.3. The van der Waals surface area contributed by atoms with E-state index in [1.165, 1.54) is 22.3 Å². The van der Waals surface area contributed by atoms with E-state index in [-0.39, 0.29) is 5.41 Å². The molecule has 1 aliphatic rings. The second-order valence-electron chi connectivity index (χ2n) is 9.15. The Hall–Kier alpha value is -2.57. The van der Waals surface area contributed by atoms with Gasteiger partial charge in [0.25, 0.3) is 0 Å². The number of nitrogens with zero attached hydrogens (tertiary/aromatic N) is 3. The Labute approximate surface area is 197 Å². The molecule has 0 fully saturated rings. The van der Waals surface area contributed by atoms with Crippen LogP contribution in [0.25, 0.3) is 5.57 Å². The van der Waals surface area contributed by atoms with Crippen LogP contribution in [0.4, 0.5) is 0 Å². The first kappa shape index (κ1) is 25.7. The van der Waals surface area contributed by atoms with Crippen molar-refractivity contribution in [2.75, 3.05) is 0 Å². The van der Waals surface area contributed by atoms with E-state index >= 15 is 0 Å². The molecule has 2 rings (SSSR count). The molecule has 0 radical (unpaired) electrons. The first-order valence-corrected chi connectivity index (χ1v) is 11.8. The molecule has 0 amide bonds. The summed E-state index contributed by atoms with van der Waals surface area (Å²) < 4.78 is 0. The molecule has 2 heterocycles. The van der Waals surface area contributed by atoms with Crippen molar-refractivity contribution in [1.82, 2.24) is 15.0 Å². The lowest BCUT2D eigenvalue weighted by molar-refractivity contribution is 0.401. The average Bonchev–Trinajstić information content (AvgIpc) is 3.07. The lowest BCUT2D eigenvalue weighted by Crippen LogP contribution is -2.26. The number of hydrogen-bond donors (Lipinski definition) is 2. The number of imidazole rings is 1. The fourth-order valence-electron chi connectivity index (χ4n) is 3.34. The van der Waals surface area contributed by atoms with E-state index in [1.54, 1.807) is 18.5 Å². The molecule has 1 aromatic rings. The van der Waals surface area contributed by atoms with Gasteiger partial charge in [-0.05, 0) is 37.3 Å². The maximum atomic E-state index is 6.12. The SMILES string of the molecule is C=C(Sc1[nH]c(CC(C)(C)C)nc1C(=C)/C=C(/C)CCC)C(/C=C/C)=C1\N=CC=CN1N. The molecule has 6 heteroatoms. The summed E-state index contributed by atoms with van der Waals surface area (Å²) >= 11 is 1.54. The molecule has 0 unspecified atom stereocenters. The van der Waals surface area contributed by atoms with Crippen molar-refractivity contribution in [1.29, 1.82) is 0 Å². The van der Waals surface area contributed by atoms with Gasteiger partial charge in [0.15, 0.2) is 5.82 Å². The van der Waals surface area contributed by atoms with Crippen LogP contribution in [0.2, 0.25) is 0 Å². The predicted molar refractivity (Wildman–Crippen MR) is 140 cm³/mol. The van der Waals surface area contributed by atoms with Crippen molar-refractivity contribution in [2.24, 2.45) is 16.3 Å². The van der Waals surface area contributed by atoms with Crippen molar-refractivity contribution in [3.63, 3.8) is 0 Å². The molecule has 3 N–H and O–H groups in total. The Morgan fingerprint density at radius 1 is 1.31 bits per heavy atom. The lowest BCUT2D eigenvalue weighted by Gasteiger charge is -2.20. The quantitative estimate of drug-likeness (QED) is 0.243. The maximum Gasteiger partial charge on any atom is 0.155 e. The van der Waals surface area contributed by atoms with Gasteiger partial charge in [-0.2, -0.15) is 0 Å². The minimum absolute atomic E-state index is 0.116. The monoisotopic (exact) mass is 451 g/mol. The zero-order valence-electron chi connectivity index (χ0n) is 20.3. The number of H-pyrrole nitrogens is 1. The summed E-state index contributed by atoms with van der Waals surface area (Å²) in [7, 11) is 0. The lowest BCUT2D eigenvalue weighted by atomic mass is 9.92. The van der Waals surface area contributed by atoms with Gasteiger partial charge in [-0.3, -0.25) is 5.01 Å². The number of hydrazine groups is 1. The average molecular weight is 452 g/mol. The largest absolute Gasteiger partial charge is 0.336 e. The van der Waals surface area contributed by atoms with Gasteiger partial charge in [0.1, 0.15) is 16.5 Å². The van der Waals surface area contributed by atoms with Crippen LogP contribution in [-0.4, -0.2) is 21.2 Å². The predicted octanol–water partition coefficient (Wildman–Crippen LogP) is 6.93. The van der Waals surface area contributed by atoms with Crippen LogP contribution in [0.1, 0.15) is 65.9 Å². The highest BCUT2D eigenvalue weighted by atomic mass is 32.2. The Balaban J connectivity index is 2.45. The molecule has 5 nitrogen and oxygen atoms in total. The smallest absolute Gasteiger partial charge is 0.155 e. The normalized spacial score (nSPS) is 16.2. The topological polar surface area (TPSA) is 70.3 Å². The zero-order valence-corrected chi connectivity index (χ0v) is 21.1. The van der Waals surface area contributed by atoms with Crippen LogP contribution in [0, 0.1) is 5.41 Å². The van der Waals surface area contributed by atoms with Crippen molar-refractivity contribution in [2.45, 2.75) is 65.8 Å². The number of nitrogens with one attached hydrogen (secondary N) is 1. The van der Waals surface area contributed by atoms with Crippen LogP contribution < -0.4 is 5.84 Å². The number of aliphatic imine (C=N–C) groups is 1. The Morgan fingerprint density at radius 2 is 2.03 bits per heavy atom. The molecule has 0 aliphatic carbocycles. The Morgan fingerprint density at radius 3 is 2.62 bits per heavy atom. The van der Waals surface area contributed by atoms with E-state index in [9.17, 15) is 0 Å². The summed E-state index contributed by atoms with van der Waals surface area (Å²) in [5.41, 5.74) is 4.05. The summed E-state index contributed by atoms with van der Waals surface area (Å²) in [5.74, 6) is 7.72. The minimum atomic E-state index is 0.116. The third-order valence-corrected chi connectivity index (χ3v) is 5.63. The third kappa shape index (κ3) is 7.24. The van der Waals surface area contributed by atoms with Crippen molar-refractivity contribution in [3.8, 4) is 0 Å². The molecular formula is C26H37N5S. The first-order chi connectivity index (χ1) is 15.1. The molecule has 0 saturated heterocycles. The molecule has 0 aromatic carbocycles. The van der Waals surface area contributed by atoms with E-state index in [4.69, 9.17) is 10.8 Å². The fraction of sp³-hybridized carbons (Fsp3) is 0.385. The van der Waals surface area contributed by atoms with Crippen molar-refractivity contribution < 1.29 is 0 Å². The van der Waals surface area contributed by atoms with Crippen molar-refractivity contribution in [3.05, 3.63) is 77.1 Å². The first-order valence-electron chi connectivity index (χ1n) is 11.0. The van der Waals surface area contributed by atoms with E-state index < -0.39 is 0 Å². The summed E-state index contributed by atoms with van der Waals surface area (Å²) in [6.07, 6.45) is 14.4. The number of aromatic nitrogens is 2. The molecule has 0 bridgehead atoms. The van der Waals surface area contributed by atoms with Crippen LogP contribution in [0.15, 0.2) is 75.6 Å². The number of thioether (sulfide) groups is 1. The van der Waals surface area contributed by atoms with Crippen LogP contribution in [-0.2, 0) is 6.42 Å². The number of hydrogen-bond acceptors (Lipinski definition) is 5. The Kier molecular flexibility index (Phi) is 9.10. The van der Waals surface area contributed by atoms with Gasteiger partial charge in [-0.1, -0.05) is 82.8 Å². The number of aromatic amines is 1. The molecule has 0 saturated carbocycles. The highest BCUT2D eigenvalue weighted by Crippen LogP contribution is 2.37. The highest BCUT2D eigenvalue weighted by molar-refractivity contribution is 8.03. The number of rotatable bonds is 9. The third-order valence-electron chi connectivity index (χ3n) is 4.66. The van der Waals surface area contributed by atoms with Gasteiger partial charge in [0, 0.05) is 29.3 Å². The number of nitrogens with two attached hydrogens (primary N) is 1. The molecular weight excluding hydrogens is 414 g/mol. The summed E-state index contributed by atoms with van der Waals surface area (Å²) in [6, 6.07) is 0. The second-order valence-corrected chi connectivity index (χ2v) is 10.3. The van der Waals surface area contributed by atoms with Crippen molar-refractivity contribution >= 4 is 23.5 Å². The maximum absolute atomic E-state index is 6.12. The van der Waals surface area contributed by atoms with Crippen LogP contribution in [0.5, 0.6) is 0 Å². The standard InChI is InChI=1S/C26H37N5S/c1-9-12-18(3)16-19(4)23-25(30-22(29-23)17-26(6,7)8)32-20(5)21(13-10-2)24-28-14-11-15-31(24)27/h10-11,13-16H,4-5,9,12,17,27H2,1-3,6-8H3,(H,29,30)/b13-10+,18-16-,24-21+. The van der Waals surface area contributed by atoms with Gasteiger partial charge in [0.2, 0.25) is 0 Å². The van der Waals surface area contributed by atoms with Gasteiger partial charge in [0.05, 0.1) is 0 Å². The fourth-order valence-corrected chi connectivity index (χ4v) is 4.30. The number of allylic oxidation sites excluding steroid dienone is 7. The van der Waals surface area contributed by atoms with Gasteiger partial charge in [-0.15, -0.1) is 0 Å². The minimum Gasteiger partial charge on any atom is -0.336 e. The van der Waals surface area contributed by atoms with E-state index in [0.29, 0.717) is 5.82 Å². The molecule has 32 heavy (non-hydrogen) atoms. The molecule has 1 aliphatic heterocycles.